The highest BCUT2D eigenvalue weighted by atomic mass is 35.5. The summed E-state index contributed by atoms with van der Waals surface area (Å²) in [6.45, 7) is 3.12. The molecule has 94 valence electrons. The van der Waals surface area contributed by atoms with E-state index < -0.39 is 0 Å². The smallest absolute Gasteiger partial charge is 0.0468 e. The lowest BCUT2D eigenvalue weighted by Gasteiger charge is -2.25. The molecule has 0 aliphatic heterocycles. The average Bonchev–Trinajstić information content (AvgIpc) is 2.80. The molecule has 17 heavy (non-hydrogen) atoms. The minimum absolute atomic E-state index is 0.382. The van der Waals surface area contributed by atoms with Gasteiger partial charge in [0.2, 0.25) is 0 Å². The van der Waals surface area contributed by atoms with Crippen molar-refractivity contribution in [2.24, 2.45) is 5.92 Å². The summed E-state index contributed by atoms with van der Waals surface area (Å²) >= 11 is 12.3. The van der Waals surface area contributed by atoms with E-state index in [1.807, 2.05) is 12.1 Å². The summed E-state index contributed by atoms with van der Waals surface area (Å²) in [6.07, 6.45) is 5.29. The van der Waals surface area contributed by atoms with Crippen LogP contribution in [0.15, 0.2) is 18.2 Å². The van der Waals surface area contributed by atoms with Gasteiger partial charge in [-0.05, 0) is 43.0 Å². The van der Waals surface area contributed by atoms with Gasteiger partial charge in [0.05, 0.1) is 0 Å². The van der Waals surface area contributed by atoms with E-state index >= 15 is 0 Å². The number of hydrogen-bond acceptors (Lipinski definition) is 1. The normalized spacial score (nSPS) is 18.5. The largest absolute Gasteiger partial charge is 0.310 e. The Morgan fingerprint density at radius 3 is 2.59 bits per heavy atom. The van der Waals surface area contributed by atoms with Crippen molar-refractivity contribution < 1.29 is 0 Å². The average molecular weight is 272 g/mol. The van der Waals surface area contributed by atoms with E-state index in [0.717, 1.165) is 11.6 Å². The molecule has 0 spiro atoms. The zero-order chi connectivity index (χ0) is 12.3. The second-order valence-corrected chi connectivity index (χ2v) is 5.59. The molecule has 3 heteroatoms. The highest BCUT2D eigenvalue weighted by Crippen LogP contribution is 2.38. The van der Waals surface area contributed by atoms with Gasteiger partial charge >= 0.3 is 0 Å². The number of rotatable bonds is 4. The van der Waals surface area contributed by atoms with Crippen molar-refractivity contribution in [1.82, 2.24) is 5.32 Å². The molecule has 1 unspecified atom stereocenters. The molecule has 0 bridgehead atoms. The molecule has 1 aromatic rings. The van der Waals surface area contributed by atoms with E-state index in [0.29, 0.717) is 17.0 Å². The summed E-state index contributed by atoms with van der Waals surface area (Å²) in [7, 11) is 0. The van der Waals surface area contributed by atoms with Crippen LogP contribution in [0.2, 0.25) is 10.0 Å². The van der Waals surface area contributed by atoms with Crippen molar-refractivity contribution in [2.45, 2.75) is 38.6 Å². The molecule has 1 fully saturated rings. The van der Waals surface area contributed by atoms with Crippen molar-refractivity contribution in [3.05, 3.63) is 33.8 Å². The second kappa shape index (κ2) is 6.08. The van der Waals surface area contributed by atoms with E-state index in [1.54, 1.807) is 0 Å². The minimum atomic E-state index is 0.382. The van der Waals surface area contributed by atoms with E-state index in [2.05, 4.69) is 18.3 Å². The molecule has 1 N–H and O–H groups in total. The van der Waals surface area contributed by atoms with Gasteiger partial charge in [-0.3, -0.25) is 0 Å². The van der Waals surface area contributed by atoms with Crippen LogP contribution in [0.25, 0.3) is 0 Å². The van der Waals surface area contributed by atoms with Crippen LogP contribution in [-0.2, 0) is 0 Å². The van der Waals surface area contributed by atoms with Gasteiger partial charge in [0.1, 0.15) is 0 Å². The quantitative estimate of drug-likeness (QED) is 0.827. The SMILES string of the molecule is CCNC(c1ccc(Cl)cc1Cl)C1CCCC1. The van der Waals surface area contributed by atoms with E-state index in [1.165, 1.54) is 31.2 Å². The van der Waals surface area contributed by atoms with Gasteiger partial charge in [0, 0.05) is 16.1 Å². The summed E-state index contributed by atoms with van der Waals surface area (Å²) < 4.78 is 0. The lowest BCUT2D eigenvalue weighted by atomic mass is 9.91. The van der Waals surface area contributed by atoms with Gasteiger partial charge in [-0.15, -0.1) is 0 Å². The Hall–Kier alpha value is -0.240. The van der Waals surface area contributed by atoms with Crippen molar-refractivity contribution in [3.8, 4) is 0 Å². The van der Waals surface area contributed by atoms with Crippen LogP contribution < -0.4 is 5.32 Å². The zero-order valence-electron chi connectivity index (χ0n) is 10.2. The molecule has 1 nitrogen and oxygen atoms in total. The highest BCUT2D eigenvalue weighted by molar-refractivity contribution is 6.35. The van der Waals surface area contributed by atoms with Crippen LogP contribution in [0.1, 0.15) is 44.2 Å². The first-order chi connectivity index (χ1) is 8.22. The molecule has 1 aliphatic rings. The molecule has 1 aromatic carbocycles. The Balaban J connectivity index is 2.24. The van der Waals surface area contributed by atoms with Crippen molar-refractivity contribution in [3.63, 3.8) is 0 Å². The van der Waals surface area contributed by atoms with Crippen LogP contribution in [0.5, 0.6) is 0 Å². The maximum atomic E-state index is 6.31. The van der Waals surface area contributed by atoms with E-state index in [9.17, 15) is 0 Å². The van der Waals surface area contributed by atoms with Gasteiger partial charge in [-0.2, -0.15) is 0 Å². The Morgan fingerprint density at radius 1 is 1.29 bits per heavy atom. The molecule has 0 amide bonds. The number of halogens is 2. The summed E-state index contributed by atoms with van der Waals surface area (Å²) in [5, 5.41) is 5.07. The zero-order valence-corrected chi connectivity index (χ0v) is 11.7. The second-order valence-electron chi connectivity index (χ2n) is 4.75. The maximum absolute atomic E-state index is 6.31. The van der Waals surface area contributed by atoms with Crippen molar-refractivity contribution in [1.29, 1.82) is 0 Å². The van der Waals surface area contributed by atoms with Gasteiger partial charge in [-0.1, -0.05) is 49.0 Å². The standard InChI is InChI=1S/C14H19Cl2N/c1-2-17-14(10-5-3-4-6-10)12-8-7-11(15)9-13(12)16/h7-10,14,17H,2-6H2,1H3. The Bertz CT molecular complexity index is 372. The lowest BCUT2D eigenvalue weighted by Crippen LogP contribution is -2.27. The summed E-state index contributed by atoms with van der Waals surface area (Å²) in [5.74, 6) is 0.716. The van der Waals surface area contributed by atoms with E-state index in [-0.39, 0.29) is 0 Å². The van der Waals surface area contributed by atoms with Crippen LogP contribution in [0, 0.1) is 5.92 Å². The molecule has 1 saturated carbocycles. The van der Waals surface area contributed by atoms with Gasteiger partial charge < -0.3 is 5.32 Å². The fraction of sp³-hybridized carbons (Fsp3) is 0.571. The Kier molecular flexibility index (Phi) is 4.72. The fourth-order valence-corrected chi connectivity index (χ4v) is 3.32. The third-order valence-corrected chi connectivity index (χ3v) is 4.16. The van der Waals surface area contributed by atoms with Crippen LogP contribution in [-0.4, -0.2) is 6.54 Å². The fourth-order valence-electron chi connectivity index (χ4n) is 2.79. The molecule has 2 rings (SSSR count). The topological polar surface area (TPSA) is 12.0 Å². The minimum Gasteiger partial charge on any atom is -0.310 e. The monoisotopic (exact) mass is 271 g/mol. The van der Waals surface area contributed by atoms with Gasteiger partial charge in [0.15, 0.2) is 0 Å². The molecule has 0 aromatic heterocycles. The summed E-state index contributed by atoms with van der Waals surface area (Å²) in [4.78, 5) is 0. The maximum Gasteiger partial charge on any atom is 0.0468 e. The highest BCUT2D eigenvalue weighted by Gasteiger charge is 2.26. The van der Waals surface area contributed by atoms with Gasteiger partial charge in [-0.25, -0.2) is 0 Å². The molecule has 0 radical (unpaired) electrons. The molecule has 0 saturated heterocycles. The molecule has 1 aliphatic carbocycles. The van der Waals surface area contributed by atoms with Crippen molar-refractivity contribution >= 4 is 23.2 Å². The first-order valence-electron chi connectivity index (χ1n) is 6.40. The number of hydrogen-bond donors (Lipinski definition) is 1. The number of benzene rings is 1. The predicted octanol–water partition coefficient (Wildman–Crippen LogP) is 4.83. The first-order valence-corrected chi connectivity index (χ1v) is 7.16. The third-order valence-electron chi connectivity index (χ3n) is 3.59. The van der Waals surface area contributed by atoms with Crippen LogP contribution in [0.3, 0.4) is 0 Å². The summed E-state index contributed by atoms with van der Waals surface area (Å²) in [6, 6.07) is 6.23. The number of nitrogens with one attached hydrogen (secondary N) is 1. The first kappa shape index (κ1) is 13.2. The predicted molar refractivity (Wildman–Crippen MR) is 74.8 cm³/mol. The van der Waals surface area contributed by atoms with Crippen LogP contribution in [0.4, 0.5) is 0 Å². The Labute approximate surface area is 114 Å². The van der Waals surface area contributed by atoms with Crippen LogP contribution >= 0.6 is 23.2 Å². The Morgan fingerprint density at radius 2 is 2.00 bits per heavy atom. The molecular weight excluding hydrogens is 253 g/mol. The molecule has 0 heterocycles. The van der Waals surface area contributed by atoms with Crippen molar-refractivity contribution in [2.75, 3.05) is 6.54 Å². The molecular formula is C14H19Cl2N. The lowest BCUT2D eigenvalue weighted by molar-refractivity contribution is 0.374. The third kappa shape index (κ3) is 3.15. The van der Waals surface area contributed by atoms with Gasteiger partial charge in [0.25, 0.3) is 0 Å². The summed E-state index contributed by atoms with van der Waals surface area (Å²) in [5.41, 5.74) is 1.20. The molecule has 1 atom stereocenters. The van der Waals surface area contributed by atoms with E-state index in [4.69, 9.17) is 23.2 Å².